The van der Waals surface area contributed by atoms with Gasteiger partial charge in [-0.15, -0.1) is 0 Å². The number of rotatable bonds is 4. The van der Waals surface area contributed by atoms with Crippen LogP contribution in [0.25, 0.3) is 0 Å². The molecule has 0 radical (unpaired) electrons. The summed E-state index contributed by atoms with van der Waals surface area (Å²) in [5.74, 6) is -0.740. The lowest BCUT2D eigenvalue weighted by Crippen LogP contribution is -2.15. The molecule has 0 unspecified atom stereocenters. The molecule has 0 aliphatic carbocycles. The number of anilines is 1. The number of aromatic carboxylic acids is 1. The van der Waals surface area contributed by atoms with Gasteiger partial charge in [-0.1, -0.05) is 18.2 Å². The first-order valence-corrected chi connectivity index (χ1v) is 5.99. The predicted molar refractivity (Wildman–Crippen MR) is 72.5 cm³/mol. The van der Waals surface area contributed by atoms with Crippen molar-refractivity contribution < 1.29 is 14.3 Å². The van der Waals surface area contributed by atoms with Crippen LogP contribution in [0.1, 0.15) is 21.9 Å². The number of hydrogen-bond donors (Lipinski definition) is 1. The SMILES string of the molecule is CN(C)c1cc(C(=O)O)nc(Cc2ccccc2F)n1. The van der Waals surface area contributed by atoms with Crippen LogP contribution in [0.5, 0.6) is 0 Å². The Balaban J connectivity index is 2.41. The van der Waals surface area contributed by atoms with E-state index >= 15 is 0 Å². The van der Waals surface area contributed by atoms with Gasteiger partial charge in [-0.2, -0.15) is 0 Å². The number of nitrogens with zero attached hydrogens (tertiary/aromatic N) is 3. The summed E-state index contributed by atoms with van der Waals surface area (Å²) in [5, 5.41) is 9.05. The number of hydrogen-bond acceptors (Lipinski definition) is 4. The summed E-state index contributed by atoms with van der Waals surface area (Å²) in [6.45, 7) is 0. The van der Waals surface area contributed by atoms with Crippen LogP contribution in [0.3, 0.4) is 0 Å². The minimum absolute atomic E-state index is 0.102. The van der Waals surface area contributed by atoms with Gasteiger partial charge < -0.3 is 10.0 Å². The Morgan fingerprint density at radius 1 is 1.30 bits per heavy atom. The number of aromatic nitrogens is 2. The number of halogens is 1. The van der Waals surface area contributed by atoms with Crippen LogP contribution in [-0.2, 0) is 6.42 Å². The molecule has 0 saturated heterocycles. The summed E-state index contributed by atoms with van der Waals surface area (Å²) in [4.78, 5) is 20.9. The second-order valence-electron chi connectivity index (χ2n) is 4.50. The van der Waals surface area contributed by atoms with Crippen molar-refractivity contribution in [3.8, 4) is 0 Å². The zero-order chi connectivity index (χ0) is 14.7. The van der Waals surface area contributed by atoms with E-state index in [0.717, 1.165) is 0 Å². The van der Waals surface area contributed by atoms with E-state index in [-0.39, 0.29) is 23.8 Å². The van der Waals surface area contributed by atoms with Gasteiger partial charge in [0.1, 0.15) is 17.5 Å². The van der Waals surface area contributed by atoms with E-state index in [9.17, 15) is 9.18 Å². The van der Waals surface area contributed by atoms with E-state index in [0.29, 0.717) is 11.4 Å². The van der Waals surface area contributed by atoms with Gasteiger partial charge in [0.05, 0.1) is 0 Å². The molecular formula is C14H14FN3O2. The molecule has 1 heterocycles. The number of carboxylic acid groups (broad SMARTS) is 1. The van der Waals surface area contributed by atoms with Crippen LogP contribution in [0, 0.1) is 5.82 Å². The molecule has 5 nitrogen and oxygen atoms in total. The molecule has 0 amide bonds. The van der Waals surface area contributed by atoms with Crippen molar-refractivity contribution in [3.05, 3.63) is 53.2 Å². The van der Waals surface area contributed by atoms with Crippen LogP contribution in [0.2, 0.25) is 0 Å². The van der Waals surface area contributed by atoms with Crippen molar-refractivity contribution in [2.75, 3.05) is 19.0 Å². The molecule has 0 spiro atoms. The van der Waals surface area contributed by atoms with Crippen molar-refractivity contribution in [2.24, 2.45) is 0 Å². The minimum Gasteiger partial charge on any atom is -0.477 e. The molecule has 2 rings (SSSR count). The maximum absolute atomic E-state index is 13.6. The maximum atomic E-state index is 13.6. The Morgan fingerprint density at radius 3 is 2.60 bits per heavy atom. The first kappa shape index (κ1) is 13.9. The molecule has 6 heteroatoms. The predicted octanol–water partition coefficient (Wildman–Crippen LogP) is 1.97. The number of carboxylic acids is 1. The molecule has 1 aromatic carbocycles. The first-order valence-electron chi connectivity index (χ1n) is 5.99. The zero-order valence-corrected chi connectivity index (χ0v) is 11.2. The van der Waals surface area contributed by atoms with Gasteiger partial charge in [0.25, 0.3) is 0 Å². The van der Waals surface area contributed by atoms with E-state index in [4.69, 9.17) is 5.11 Å². The van der Waals surface area contributed by atoms with Crippen molar-refractivity contribution in [2.45, 2.75) is 6.42 Å². The van der Waals surface area contributed by atoms with E-state index in [1.165, 1.54) is 12.1 Å². The molecule has 0 atom stereocenters. The van der Waals surface area contributed by atoms with Crippen molar-refractivity contribution in [1.82, 2.24) is 9.97 Å². The Labute approximate surface area is 115 Å². The molecule has 0 aliphatic heterocycles. The Bertz CT molecular complexity index is 644. The van der Waals surface area contributed by atoms with Crippen molar-refractivity contribution in [3.63, 3.8) is 0 Å². The van der Waals surface area contributed by atoms with Gasteiger partial charge >= 0.3 is 5.97 Å². The zero-order valence-electron chi connectivity index (χ0n) is 11.2. The Kier molecular flexibility index (Phi) is 3.93. The topological polar surface area (TPSA) is 66.3 Å². The average Bonchev–Trinajstić information content (AvgIpc) is 2.41. The fraction of sp³-hybridized carbons (Fsp3) is 0.214. The lowest BCUT2D eigenvalue weighted by Gasteiger charge is -2.13. The Morgan fingerprint density at radius 2 is 2.00 bits per heavy atom. The third-order valence-electron chi connectivity index (χ3n) is 2.74. The normalized spacial score (nSPS) is 10.3. The smallest absolute Gasteiger partial charge is 0.354 e. The highest BCUT2D eigenvalue weighted by Crippen LogP contribution is 2.15. The highest BCUT2D eigenvalue weighted by atomic mass is 19.1. The summed E-state index contributed by atoms with van der Waals surface area (Å²) in [5.41, 5.74) is 0.329. The van der Waals surface area contributed by atoms with Gasteiger partial charge in [-0.25, -0.2) is 19.2 Å². The molecule has 20 heavy (non-hydrogen) atoms. The molecular weight excluding hydrogens is 261 g/mol. The summed E-state index contributed by atoms with van der Waals surface area (Å²) < 4.78 is 13.6. The van der Waals surface area contributed by atoms with Crippen LogP contribution in [0.15, 0.2) is 30.3 Å². The van der Waals surface area contributed by atoms with Gasteiger partial charge in [-0.3, -0.25) is 0 Å². The van der Waals surface area contributed by atoms with Gasteiger partial charge in [-0.05, 0) is 11.6 Å². The lowest BCUT2D eigenvalue weighted by molar-refractivity contribution is 0.0690. The van der Waals surface area contributed by atoms with Gasteiger partial charge in [0.15, 0.2) is 5.69 Å². The number of carbonyl (C=O) groups is 1. The molecule has 2 aromatic rings. The summed E-state index contributed by atoms with van der Waals surface area (Å²) in [7, 11) is 3.50. The monoisotopic (exact) mass is 275 g/mol. The first-order chi connectivity index (χ1) is 9.47. The highest BCUT2D eigenvalue weighted by molar-refractivity contribution is 5.86. The molecule has 104 valence electrons. The number of benzene rings is 1. The molecule has 0 saturated carbocycles. The van der Waals surface area contributed by atoms with E-state index < -0.39 is 5.97 Å². The third-order valence-corrected chi connectivity index (χ3v) is 2.74. The van der Waals surface area contributed by atoms with Crippen LogP contribution in [-0.4, -0.2) is 35.1 Å². The standard InChI is InChI=1S/C14H14FN3O2/c1-18(2)13-8-11(14(19)20)16-12(17-13)7-9-5-3-4-6-10(9)15/h3-6,8H,7H2,1-2H3,(H,19,20). The maximum Gasteiger partial charge on any atom is 0.354 e. The largest absolute Gasteiger partial charge is 0.477 e. The molecule has 1 aromatic heterocycles. The van der Waals surface area contributed by atoms with Crippen LogP contribution in [0.4, 0.5) is 10.2 Å². The second kappa shape index (κ2) is 5.64. The highest BCUT2D eigenvalue weighted by Gasteiger charge is 2.13. The second-order valence-corrected chi connectivity index (χ2v) is 4.50. The minimum atomic E-state index is -1.13. The van der Waals surface area contributed by atoms with Crippen molar-refractivity contribution in [1.29, 1.82) is 0 Å². The van der Waals surface area contributed by atoms with Gasteiger partial charge in [0, 0.05) is 26.6 Å². The summed E-state index contributed by atoms with van der Waals surface area (Å²) in [6, 6.07) is 7.67. The quantitative estimate of drug-likeness (QED) is 0.924. The third kappa shape index (κ3) is 3.09. The fourth-order valence-electron chi connectivity index (χ4n) is 1.71. The van der Waals surface area contributed by atoms with Crippen LogP contribution >= 0.6 is 0 Å². The van der Waals surface area contributed by atoms with E-state index in [1.54, 1.807) is 37.2 Å². The lowest BCUT2D eigenvalue weighted by atomic mass is 10.1. The van der Waals surface area contributed by atoms with E-state index in [1.807, 2.05) is 0 Å². The summed E-state index contributed by atoms with van der Waals surface area (Å²) >= 11 is 0. The van der Waals surface area contributed by atoms with Crippen molar-refractivity contribution >= 4 is 11.8 Å². The molecule has 1 N–H and O–H groups in total. The van der Waals surface area contributed by atoms with Gasteiger partial charge in [0.2, 0.25) is 0 Å². The van der Waals surface area contributed by atoms with E-state index in [2.05, 4.69) is 9.97 Å². The molecule has 0 fully saturated rings. The summed E-state index contributed by atoms with van der Waals surface area (Å²) in [6.07, 6.45) is 0.147. The fourth-order valence-corrected chi connectivity index (χ4v) is 1.71. The molecule has 0 bridgehead atoms. The Hall–Kier alpha value is -2.50. The van der Waals surface area contributed by atoms with Crippen LogP contribution < -0.4 is 4.90 Å². The average molecular weight is 275 g/mol. The molecule has 0 aliphatic rings.